The first-order chi connectivity index (χ1) is 9.60. The highest BCUT2D eigenvalue weighted by molar-refractivity contribution is 5.34. The third-order valence-corrected chi connectivity index (χ3v) is 5.63. The maximum absolute atomic E-state index is 10.9. The molecule has 1 aromatic carbocycles. The van der Waals surface area contributed by atoms with Crippen LogP contribution in [0.4, 0.5) is 0 Å². The van der Waals surface area contributed by atoms with Crippen LogP contribution in [0.25, 0.3) is 0 Å². The minimum absolute atomic E-state index is 0.269. The maximum atomic E-state index is 10.9. The van der Waals surface area contributed by atoms with Crippen LogP contribution in [0.3, 0.4) is 0 Å². The Hall–Kier alpha value is -1.12. The van der Waals surface area contributed by atoms with Gasteiger partial charge in [-0.15, -0.1) is 0 Å². The average Bonchev–Trinajstić information content (AvgIpc) is 2.43. The van der Waals surface area contributed by atoms with Crippen molar-refractivity contribution in [1.29, 1.82) is 0 Å². The monoisotopic (exact) mass is 270 g/mol. The fourth-order valence-electron chi connectivity index (χ4n) is 4.92. The Kier molecular flexibility index (Phi) is 2.64. The zero-order chi connectivity index (χ0) is 13.8. The molecule has 0 heterocycles. The molecule has 0 aliphatic heterocycles. The summed E-state index contributed by atoms with van der Waals surface area (Å²) in [6.07, 6.45) is 5.18. The molecule has 4 aliphatic rings. The van der Waals surface area contributed by atoms with Gasteiger partial charge >= 0.3 is 0 Å². The number of aliphatic hydroxyl groups is 1. The fraction of sp³-hybridized carbons (Fsp3) is 0.556. The lowest BCUT2D eigenvalue weighted by Gasteiger charge is -2.61. The van der Waals surface area contributed by atoms with Crippen molar-refractivity contribution in [2.75, 3.05) is 0 Å². The smallest absolute Gasteiger partial charge is 0.0926 e. The van der Waals surface area contributed by atoms with Gasteiger partial charge in [-0.3, -0.25) is 0 Å². The highest BCUT2D eigenvalue weighted by Gasteiger charge is 2.60. The van der Waals surface area contributed by atoms with Crippen molar-refractivity contribution in [2.24, 2.45) is 11.8 Å². The van der Waals surface area contributed by atoms with Crippen LogP contribution in [-0.2, 0) is 11.3 Å². The molecule has 4 aliphatic carbocycles. The predicted octanol–water partition coefficient (Wildman–Crippen LogP) is 3.45. The van der Waals surface area contributed by atoms with E-state index in [2.05, 4.69) is 18.7 Å². The van der Waals surface area contributed by atoms with Crippen LogP contribution >= 0.6 is 0 Å². The van der Waals surface area contributed by atoms with E-state index in [1.54, 1.807) is 0 Å². The van der Waals surface area contributed by atoms with E-state index in [1.165, 1.54) is 12.0 Å². The molecule has 4 bridgehead atoms. The summed E-state index contributed by atoms with van der Waals surface area (Å²) >= 11 is 0. The Labute approximate surface area is 120 Å². The van der Waals surface area contributed by atoms with Gasteiger partial charge in [0, 0.05) is 0 Å². The molecule has 0 saturated heterocycles. The second-order valence-corrected chi connectivity index (χ2v) is 7.06. The van der Waals surface area contributed by atoms with Gasteiger partial charge in [-0.2, -0.15) is 0 Å². The normalized spacial score (nSPS) is 42.1. The van der Waals surface area contributed by atoms with Crippen molar-refractivity contribution in [3.8, 4) is 0 Å². The highest BCUT2D eigenvalue weighted by atomic mass is 16.5. The van der Waals surface area contributed by atoms with Crippen molar-refractivity contribution in [3.63, 3.8) is 0 Å². The second-order valence-electron chi connectivity index (χ2n) is 7.06. The van der Waals surface area contributed by atoms with Gasteiger partial charge in [-0.1, -0.05) is 36.9 Å². The van der Waals surface area contributed by atoms with Gasteiger partial charge in [-0.25, -0.2) is 0 Å². The molecule has 1 N–H and O–H groups in total. The summed E-state index contributed by atoms with van der Waals surface area (Å²) in [7, 11) is 0. The Morgan fingerprint density at radius 3 is 2.40 bits per heavy atom. The highest BCUT2D eigenvalue weighted by Crippen LogP contribution is 2.61. The second kappa shape index (κ2) is 4.19. The van der Waals surface area contributed by atoms with E-state index in [0.717, 1.165) is 31.3 Å². The number of ether oxygens (including phenoxy) is 1. The van der Waals surface area contributed by atoms with Crippen molar-refractivity contribution in [3.05, 3.63) is 48.0 Å². The van der Waals surface area contributed by atoms with Crippen LogP contribution in [0.15, 0.2) is 42.5 Å². The van der Waals surface area contributed by atoms with Crippen LogP contribution in [0.5, 0.6) is 0 Å². The molecule has 2 nitrogen and oxygen atoms in total. The molecule has 4 fully saturated rings. The van der Waals surface area contributed by atoms with Gasteiger partial charge < -0.3 is 9.84 Å². The standard InChI is InChI=1S/C18H22O2/c1-13-17(19)8-15-7-16(9-17)11-18(13,10-15)20-12-14-5-3-2-4-6-14/h2-6,15-16,19H,1,7-12H2. The molecular weight excluding hydrogens is 248 g/mol. The summed E-state index contributed by atoms with van der Waals surface area (Å²) in [4.78, 5) is 0. The van der Waals surface area contributed by atoms with Crippen LogP contribution in [0.1, 0.15) is 37.7 Å². The van der Waals surface area contributed by atoms with Crippen LogP contribution < -0.4 is 0 Å². The van der Waals surface area contributed by atoms with Gasteiger partial charge in [0.15, 0.2) is 0 Å². The Morgan fingerprint density at radius 2 is 1.75 bits per heavy atom. The summed E-state index contributed by atoms with van der Waals surface area (Å²) in [5, 5.41) is 10.9. The zero-order valence-electron chi connectivity index (χ0n) is 11.8. The minimum atomic E-state index is -0.652. The van der Waals surface area contributed by atoms with Gasteiger partial charge in [0.2, 0.25) is 0 Å². The Morgan fingerprint density at radius 1 is 1.10 bits per heavy atom. The van der Waals surface area contributed by atoms with Gasteiger partial charge in [-0.05, 0) is 55.1 Å². The molecule has 5 rings (SSSR count). The first-order valence-electron chi connectivity index (χ1n) is 7.70. The van der Waals surface area contributed by atoms with Crippen molar-refractivity contribution >= 4 is 0 Å². The Bertz CT molecular complexity index is 520. The maximum Gasteiger partial charge on any atom is 0.0926 e. The van der Waals surface area contributed by atoms with Crippen LogP contribution in [0.2, 0.25) is 0 Å². The molecule has 4 saturated carbocycles. The van der Waals surface area contributed by atoms with Gasteiger partial charge in [0.25, 0.3) is 0 Å². The van der Waals surface area contributed by atoms with Crippen molar-refractivity contribution in [1.82, 2.24) is 0 Å². The van der Waals surface area contributed by atoms with E-state index in [-0.39, 0.29) is 5.60 Å². The van der Waals surface area contributed by atoms with E-state index in [9.17, 15) is 5.11 Å². The molecule has 0 radical (unpaired) electrons. The van der Waals surface area contributed by atoms with E-state index >= 15 is 0 Å². The molecule has 0 amide bonds. The third-order valence-electron chi connectivity index (χ3n) is 5.63. The van der Waals surface area contributed by atoms with Crippen molar-refractivity contribution in [2.45, 2.75) is 49.9 Å². The molecule has 2 unspecified atom stereocenters. The van der Waals surface area contributed by atoms with E-state index in [1.807, 2.05) is 18.2 Å². The molecular formula is C18H22O2. The first-order valence-corrected chi connectivity index (χ1v) is 7.70. The SMILES string of the molecule is C=C1C2(O)CC3CC(C2)CC1(OCc1ccccc1)C3. The number of hydrogen-bond donors (Lipinski definition) is 1. The predicted molar refractivity (Wildman–Crippen MR) is 78.1 cm³/mol. The molecule has 0 spiro atoms. The third kappa shape index (κ3) is 1.78. The number of hydrogen-bond acceptors (Lipinski definition) is 2. The average molecular weight is 270 g/mol. The van der Waals surface area contributed by atoms with E-state index in [0.29, 0.717) is 18.4 Å². The largest absolute Gasteiger partial charge is 0.385 e. The molecule has 20 heavy (non-hydrogen) atoms. The topological polar surface area (TPSA) is 29.5 Å². The number of benzene rings is 1. The van der Waals surface area contributed by atoms with Gasteiger partial charge in [0.1, 0.15) is 0 Å². The van der Waals surface area contributed by atoms with Crippen molar-refractivity contribution < 1.29 is 9.84 Å². The lowest BCUT2D eigenvalue weighted by molar-refractivity contribution is -0.176. The van der Waals surface area contributed by atoms with E-state index < -0.39 is 5.60 Å². The van der Waals surface area contributed by atoms with Crippen LogP contribution in [-0.4, -0.2) is 16.3 Å². The summed E-state index contributed by atoms with van der Waals surface area (Å²) in [6.45, 7) is 4.86. The lowest BCUT2D eigenvalue weighted by atomic mass is 9.50. The zero-order valence-corrected chi connectivity index (χ0v) is 11.8. The van der Waals surface area contributed by atoms with Gasteiger partial charge in [0.05, 0.1) is 17.8 Å². The summed E-state index contributed by atoms with van der Waals surface area (Å²) in [5.74, 6) is 1.24. The molecule has 2 atom stereocenters. The summed E-state index contributed by atoms with van der Waals surface area (Å²) < 4.78 is 6.35. The summed E-state index contributed by atoms with van der Waals surface area (Å²) in [5.41, 5.74) is 1.23. The first kappa shape index (κ1) is 12.6. The molecule has 1 aromatic rings. The molecule has 0 aromatic heterocycles. The minimum Gasteiger partial charge on any atom is -0.385 e. The molecule has 106 valence electrons. The Balaban J connectivity index is 1.58. The quantitative estimate of drug-likeness (QED) is 0.852. The molecule has 2 heteroatoms. The number of rotatable bonds is 3. The fourth-order valence-corrected chi connectivity index (χ4v) is 4.92. The van der Waals surface area contributed by atoms with E-state index in [4.69, 9.17) is 4.74 Å². The van der Waals surface area contributed by atoms with Crippen LogP contribution in [0, 0.1) is 11.8 Å². The lowest BCUT2D eigenvalue weighted by Crippen LogP contribution is -2.61. The summed E-state index contributed by atoms with van der Waals surface area (Å²) in [6, 6.07) is 10.3.